The first kappa shape index (κ1) is 21.4. The van der Waals surface area contributed by atoms with Crippen LogP contribution in [0.4, 0.5) is 0 Å². The number of amides is 1. The lowest BCUT2D eigenvalue weighted by Crippen LogP contribution is -2.41. The van der Waals surface area contributed by atoms with Gasteiger partial charge in [0.05, 0.1) is 13.2 Å². The van der Waals surface area contributed by atoms with Gasteiger partial charge in [0.1, 0.15) is 0 Å². The van der Waals surface area contributed by atoms with Crippen molar-refractivity contribution < 1.29 is 14.3 Å². The van der Waals surface area contributed by atoms with E-state index in [4.69, 9.17) is 20.2 Å². The van der Waals surface area contributed by atoms with Gasteiger partial charge >= 0.3 is 0 Å². The van der Waals surface area contributed by atoms with Crippen LogP contribution < -0.4 is 15.2 Å². The Labute approximate surface area is 187 Å². The average molecular weight is 431 g/mol. The topological polar surface area (TPSA) is 90.0 Å². The summed E-state index contributed by atoms with van der Waals surface area (Å²) in [5.74, 6) is 1.04. The highest BCUT2D eigenvalue weighted by Gasteiger charge is 2.50. The zero-order valence-electron chi connectivity index (χ0n) is 18.6. The van der Waals surface area contributed by atoms with E-state index >= 15 is 0 Å². The molecule has 0 aliphatic carbocycles. The lowest BCUT2D eigenvalue weighted by molar-refractivity contribution is -0.129. The molecule has 0 radical (unpaired) electrons. The van der Waals surface area contributed by atoms with Gasteiger partial charge in [0, 0.05) is 19.4 Å². The van der Waals surface area contributed by atoms with Crippen LogP contribution in [0.1, 0.15) is 25.0 Å². The third-order valence-electron chi connectivity index (χ3n) is 5.46. The number of methoxy groups -OCH3 is 1. The maximum Gasteiger partial charge on any atom is 0.266 e. The van der Waals surface area contributed by atoms with Crippen LogP contribution in [-0.2, 0) is 10.3 Å². The Morgan fingerprint density at radius 3 is 2.38 bits per heavy atom. The molecule has 0 fully saturated rings. The van der Waals surface area contributed by atoms with Gasteiger partial charge in [-0.25, -0.2) is 4.99 Å². The molecule has 7 heteroatoms. The van der Waals surface area contributed by atoms with E-state index in [0.29, 0.717) is 22.6 Å². The number of carbonyl (C=O) groups is 1. The zero-order chi connectivity index (χ0) is 22.9. The number of hydrogen-bond donors (Lipinski definition) is 1. The molecule has 1 aliphatic rings. The second-order valence-electron chi connectivity index (χ2n) is 7.90. The zero-order valence-corrected chi connectivity index (χ0v) is 18.6. The van der Waals surface area contributed by atoms with E-state index in [1.807, 2.05) is 62.4 Å². The molecule has 0 saturated carbocycles. The van der Waals surface area contributed by atoms with E-state index < -0.39 is 5.54 Å². The molecular weight excluding hydrogens is 404 g/mol. The number of nitrogens with two attached hydrogens (primary N) is 1. The lowest BCUT2D eigenvalue weighted by Gasteiger charge is -2.27. The number of rotatable bonds is 6. The normalized spacial score (nSPS) is 18.1. The summed E-state index contributed by atoms with van der Waals surface area (Å²) in [6, 6.07) is 17.0. The van der Waals surface area contributed by atoms with Crippen molar-refractivity contribution in [2.45, 2.75) is 25.5 Å². The summed E-state index contributed by atoms with van der Waals surface area (Å²) >= 11 is 0. The smallest absolute Gasteiger partial charge is 0.266 e. The molecule has 0 spiro atoms. The Bertz CT molecular complexity index is 1180. The third-order valence-corrected chi connectivity index (χ3v) is 5.46. The van der Waals surface area contributed by atoms with E-state index in [9.17, 15) is 4.79 Å². The van der Waals surface area contributed by atoms with Gasteiger partial charge in [0.15, 0.2) is 23.0 Å². The van der Waals surface area contributed by atoms with Gasteiger partial charge in [0.2, 0.25) is 0 Å². The van der Waals surface area contributed by atoms with Crippen LogP contribution in [0.15, 0.2) is 72.0 Å². The highest BCUT2D eigenvalue weighted by Crippen LogP contribution is 2.43. The fourth-order valence-electron chi connectivity index (χ4n) is 3.89. The first-order valence-corrected chi connectivity index (χ1v) is 10.4. The predicted molar refractivity (Wildman–Crippen MR) is 124 cm³/mol. The molecule has 1 atom stereocenters. The van der Waals surface area contributed by atoms with Crippen molar-refractivity contribution in [3.8, 4) is 22.6 Å². The Morgan fingerprint density at radius 2 is 1.75 bits per heavy atom. The van der Waals surface area contributed by atoms with Crippen molar-refractivity contribution >= 4 is 11.9 Å². The van der Waals surface area contributed by atoms with E-state index in [-0.39, 0.29) is 18.0 Å². The van der Waals surface area contributed by atoms with Gasteiger partial charge < -0.3 is 15.2 Å². The van der Waals surface area contributed by atoms with Gasteiger partial charge in [-0.2, -0.15) is 0 Å². The Morgan fingerprint density at radius 1 is 1.00 bits per heavy atom. The number of nitrogens with zero attached hydrogens (tertiary/aromatic N) is 3. The Balaban J connectivity index is 1.93. The fourth-order valence-corrected chi connectivity index (χ4v) is 3.89. The minimum absolute atomic E-state index is 0.0699. The first-order chi connectivity index (χ1) is 15.4. The van der Waals surface area contributed by atoms with E-state index in [1.54, 1.807) is 32.6 Å². The van der Waals surface area contributed by atoms with Crippen molar-refractivity contribution in [1.82, 2.24) is 9.88 Å². The second-order valence-corrected chi connectivity index (χ2v) is 7.90. The standard InChI is InChI=1S/C25H26N4O3/c1-16(2)32-22-14-20(10-11-21(22)31-4)25(23(30)29(3)24(26)28-25)19-9-5-7-17(13-19)18-8-6-12-27-15-18/h5-16H,1-4H3,(H2,26,28). The molecule has 2 aromatic carbocycles. The molecule has 0 bridgehead atoms. The Kier molecular flexibility index (Phi) is 5.57. The van der Waals surface area contributed by atoms with Gasteiger partial charge in [-0.1, -0.05) is 30.3 Å². The number of carbonyl (C=O) groups excluding carboxylic acids is 1. The summed E-state index contributed by atoms with van der Waals surface area (Å²) in [6.45, 7) is 3.87. The molecule has 0 saturated heterocycles. The summed E-state index contributed by atoms with van der Waals surface area (Å²) in [7, 11) is 3.21. The highest BCUT2D eigenvalue weighted by molar-refractivity contribution is 6.09. The third kappa shape index (κ3) is 3.56. The highest BCUT2D eigenvalue weighted by atomic mass is 16.5. The van der Waals surface area contributed by atoms with Crippen LogP contribution in [0, 0.1) is 0 Å². The molecule has 2 heterocycles. The van der Waals surface area contributed by atoms with Crippen LogP contribution in [0.2, 0.25) is 0 Å². The molecule has 2 N–H and O–H groups in total. The molecule has 1 aromatic heterocycles. The van der Waals surface area contributed by atoms with Crippen LogP contribution >= 0.6 is 0 Å². The number of aliphatic imine (C=N–C) groups is 1. The van der Waals surface area contributed by atoms with Crippen molar-refractivity contribution in [3.63, 3.8) is 0 Å². The summed E-state index contributed by atoms with van der Waals surface area (Å²) < 4.78 is 11.4. The monoisotopic (exact) mass is 430 g/mol. The molecule has 32 heavy (non-hydrogen) atoms. The van der Waals surface area contributed by atoms with Crippen LogP contribution in [0.5, 0.6) is 11.5 Å². The number of pyridine rings is 1. The molecular formula is C25H26N4O3. The maximum absolute atomic E-state index is 13.6. The SMILES string of the molecule is COc1ccc(C2(c3cccc(-c4cccnc4)c3)N=C(N)N(C)C2=O)cc1OC(C)C. The number of benzene rings is 2. The van der Waals surface area contributed by atoms with Crippen molar-refractivity contribution in [2.24, 2.45) is 10.7 Å². The molecule has 4 rings (SSSR count). The molecule has 1 aliphatic heterocycles. The lowest BCUT2D eigenvalue weighted by atomic mass is 9.81. The van der Waals surface area contributed by atoms with Crippen molar-refractivity contribution in [3.05, 3.63) is 78.1 Å². The minimum Gasteiger partial charge on any atom is -0.493 e. The van der Waals surface area contributed by atoms with Gasteiger partial charge in [-0.15, -0.1) is 0 Å². The first-order valence-electron chi connectivity index (χ1n) is 10.4. The number of likely N-dealkylation sites (N-methyl/N-ethyl adjacent to an activating group) is 1. The average Bonchev–Trinajstić information content (AvgIpc) is 3.04. The van der Waals surface area contributed by atoms with E-state index in [1.165, 1.54) is 4.90 Å². The summed E-state index contributed by atoms with van der Waals surface area (Å²) in [6.07, 6.45) is 3.44. The summed E-state index contributed by atoms with van der Waals surface area (Å²) in [5, 5.41) is 0. The minimum atomic E-state index is -1.33. The summed E-state index contributed by atoms with van der Waals surface area (Å²) in [4.78, 5) is 23.9. The number of hydrogen-bond acceptors (Lipinski definition) is 6. The van der Waals surface area contributed by atoms with Crippen LogP contribution in [0.25, 0.3) is 11.1 Å². The van der Waals surface area contributed by atoms with E-state index in [2.05, 4.69) is 4.98 Å². The largest absolute Gasteiger partial charge is 0.493 e. The van der Waals surface area contributed by atoms with Crippen molar-refractivity contribution in [2.75, 3.05) is 14.2 Å². The predicted octanol–water partition coefficient (Wildman–Crippen LogP) is 3.57. The van der Waals surface area contributed by atoms with Gasteiger partial charge in [0.25, 0.3) is 5.91 Å². The number of aromatic nitrogens is 1. The maximum atomic E-state index is 13.6. The molecule has 1 amide bonds. The number of guanidine groups is 1. The molecule has 3 aromatic rings. The Hall–Kier alpha value is -3.87. The van der Waals surface area contributed by atoms with Gasteiger partial charge in [-0.05, 0) is 60.4 Å². The van der Waals surface area contributed by atoms with Crippen LogP contribution in [-0.4, -0.2) is 42.0 Å². The van der Waals surface area contributed by atoms with E-state index in [0.717, 1.165) is 11.1 Å². The van der Waals surface area contributed by atoms with Crippen LogP contribution in [0.3, 0.4) is 0 Å². The second kappa shape index (κ2) is 8.34. The molecule has 164 valence electrons. The summed E-state index contributed by atoms with van der Waals surface area (Å²) in [5.41, 5.74) is 8.02. The fraction of sp³-hybridized carbons (Fsp3) is 0.240. The molecule has 7 nitrogen and oxygen atoms in total. The van der Waals surface area contributed by atoms with Crippen molar-refractivity contribution in [1.29, 1.82) is 0 Å². The molecule has 1 unspecified atom stereocenters. The number of ether oxygens (including phenoxy) is 2. The quantitative estimate of drug-likeness (QED) is 0.646. The van der Waals surface area contributed by atoms with Gasteiger partial charge in [-0.3, -0.25) is 14.7 Å².